The topological polar surface area (TPSA) is 76.3 Å². The van der Waals surface area contributed by atoms with Crippen LogP contribution in [0, 0.1) is 0 Å². The molecule has 2 N–H and O–H groups in total. The van der Waals surface area contributed by atoms with Crippen molar-refractivity contribution in [3.8, 4) is 34.0 Å². The van der Waals surface area contributed by atoms with E-state index in [-0.39, 0.29) is 17.1 Å². The molecular formula is C25H21BF2N2O4. The standard InChI is InChI=1S/C25H21BF2N2O4/c1-32-18-7-3-16(4-8-18)20-11-13-22(29-20)24(31)15-25(34-26(27)28)23-14-12-21(30-23)17-5-9-19(33-2)10-6-17/h3-15,29-30H,1-2H3/b25-15-. The molecule has 0 aliphatic heterocycles. The van der Waals surface area contributed by atoms with E-state index in [0.29, 0.717) is 22.9 Å². The van der Waals surface area contributed by atoms with Crippen LogP contribution in [0.5, 0.6) is 11.5 Å². The van der Waals surface area contributed by atoms with E-state index in [9.17, 15) is 13.4 Å². The number of carbonyl (C=O) groups is 1. The predicted molar refractivity (Wildman–Crippen MR) is 127 cm³/mol. The van der Waals surface area contributed by atoms with Gasteiger partial charge in [-0.2, -0.15) is 0 Å². The maximum Gasteiger partial charge on any atom is 0.796 e. The normalized spacial score (nSPS) is 11.2. The second-order valence-electron chi connectivity index (χ2n) is 7.28. The summed E-state index contributed by atoms with van der Waals surface area (Å²) in [5.41, 5.74) is 3.54. The third-order valence-corrected chi connectivity index (χ3v) is 5.18. The fourth-order valence-electron chi connectivity index (χ4n) is 3.42. The molecule has 9 heteroatoms. The van der Waals surface area contributed by atoms with Crippen molar-refractivity contribution < 1.29 is 27.6 Å². The van der Waals surface area contributed by atoms with Crippen LogP contribution in [0.1, 0.15) is 16.2 Å². The number of benzene rings is 2. The number of H-pyrrole nitrogens is 2. The highest BCUT2D eigenvalue weighted by Crippen LogP contribution is 2.26. The molecule has 0 fully saturated rings. The molecule has 2 aromatic heterocycles. The first kappa shape index (κ1) is 22.9. The molecule has 0 unspecified atom stereocenters. The second-order valence-corrected chi connectivity index (χ2v) is 7.28. The highest BCUT2D eigenvalue weighted by molar-refractivity contribution is 6.36. The fourth-order valence-corrected chi connectivity index (χ4v) is 3.42. The largest absolute Gasteiger partial charge is 0.796 e. The summed E-state index contributed by atoms with van der Waals surface area (Å²) in [5, 5.41) is 0. The minimum atomic E-state index is -3.09. The summed E-state index contributed by atoms with van der Waals surface area (Å²) < 4.78 is 41.2. The Hall–Kier alpha value is -4.27. The van der Waals surface area contributed by atoms with Crippen LogP contribution in [0.3, 0.4) is 0 Å². The van der Waals surface area contributed by atoms with Gasteiger partial charge in [-0.25, -0.2) is 8.63 Å². The number of aromatic nitrogens is 2. The number of allylic oxidation sites excluding steroid dienone is 1. The van der Waals surface area contributed by atoms with Gasteiger partial charge in [-0.15, -0.1) is 0 Å². The van der Waals surface area contributed by atoms with Crippen molar-refractivity contribution in [2.45, 2.75) is 0 Å². The summed E-state index contributed by atoms with van der Waals surface area (Å²) in [6, 6.07) is 21.2. The Morgan fingerprint density at radius 1 is 0.735 bits per heavy atom. The fraction of sp³-hybridized carbons (Fsp3) is 0.0800. The molecule has 0 radical (unpaired) electrons. The number of rotatable bonds is 9. The quantitative estimate of drug-likeness (QED) is 0.141. The van der Waals surface area contributed by atoms with E-state index < -0.39 is 13.3 Å². The molecule has 172 valence electrons. The summed E-state index contributed by atoms with van der Waals surface area (Å²) in [5.74, 6) is 0.641. The molecule has 0 aliphatic rings. The van der Waals surface area contributed by atoms with Crippen molar-refractivity contribution >= 4 is 19.0 Å². The SMILES string of the molecule is COc1ccc(-c2ccc(C(=O)/C=C(\OB(F)F)c3ccc(-c4ccc(OC)cc4)[nH]3)[nH]2)cc1. The highest BCUT2D eigenvalue weighted by atomic mass is 19.2. The smallest absolute Gasteiger partial charge is 0.503 e. The van der Waals surface area contributed by atoms with E-state index >= 15 is 0 Å². The number of nitrogens with one attached hydrogen (secondary N) is 2. The lowest BCUT2D eigenvalue weighted by atomic mass is 10.1. The Morgan fingerprint density at radius 3 is 1.68 bits per heavy atom. The first-order valence-corrected chi connectivity index (χ1v) is 10.3. The third kappa shape index (κ3) is 5.20. The average Bonchev–Trinajstić information content (AvgIpc) is 3.54. The molecule has 0 atom stereocenters. The van der Waals surface area contributed by atoms with Crippen molar-refractivity contribution in [1.82, 2.24) is 9.97 Å². The van der Waals surface area contributed by atoms with Gasteiger partial charge in [0.2, 0.25) is 5.78 Å². The Morgan fingerprint density at radius 2 is 1.21 bits per heavy atom. The maximum absolute atomic E-state index is 13.1. The molecule has 6 nitrogen and oxygen atoms in total. The Labute approximate surface area is 195 Å². The lowest BCUT2D eigenvalue weighted by molar-refractivity contribution is 0.104. The minimum absolute atomic E-state index is 0.239. The van der Waals surface area contributed by atoms with Crippen LogP contribution in [-0.2, 0) is 4.65 Å². The van der Waals surface area contributed by atoms with Crippen LogP contribution in [0.2, 0.25) is 0 Å². The van der Waals surface area contributed by atoms with Crippen LogP contribution in [0.4, 0.5) is 8.63 Å². The van der Waals surface area contributed by atoms with Crippen molar-refractivity contribution in [2.24, 2.45) is 0 Å². The van der Waals surface area contributed by atoms with Gasteiger partial charge in [-0.3, -0.25) is 4.79 Å². The van der Waals surface area contributed by atoms with Crippen molar-refractivity contribution in [1.29, 1.82) is 0 Å². The molecule has 4 aromatic rings. The molecule has 0 saturated carbocycles. The summed E-state index contributed by atoms with van der Waals surface area (Å²) in [4.78, 5) is 18.9. The predicted octanol–water partition coefficient (Wildman–Crippen LogP) is 5.86. The summed E-state index contributed by atoms with van der Waals surface area (Å²) in [6.07, 6.45) is 1.04. The van der Waals surface area contributed by atoms with Crippen molar-refractivity contribution in [3.05, 3.63) is 90.3 Å². The number of aromatic amines is 2. The van der Waals surface area contributed by atoms with Gasteiger partial charge in [0.1, 0.15) is 17.3 Å². The highest BCUT2D eigenvalue weighted by Gasteiger charge is 2.22. The Balaban J connectivity index is 1.58. The summed E-state index contributed by atoms with van der Waals surface area (Å²) in [7, 11) is 0.0580. The summed E-state index contributed by atoms with van der Waals surface area (Å²) >= 11 is 0. The zero-order valence-electron chi connectivity index (χ0n) is 18.5. The number of methoxy groups -OCH3 is 2. The van der Waals surface area contributed by atoms with Crippen LogP contribution < -0.4 is 9.47 Å². The number of hydrogen-bond acceptors (Lipinski definition) is 4. The molecule has 0 saturated heterocycles. The zero-order valence-corrected chi connectivity index (χ0v) is 18.5. The van der Waals surface area contributed by atoms with Crippen LogP contribution in [0.15, 0.2) is 78.9 Å². The van der Waals surface area contributed by atoms with E-state index in [0.717, 1.165) is 17.2 Å². The van der Waals surface area contributed by atoms with Gasteiger partial charge < -0.3 is 24.1 Å². The van der Waals surface area contributed by atoms with E-state index in [4.69, 9.17) is 9.47 Å². The molecule has 4 rings (SSSR count). The molecule has 0 spiro atoms. The number of hydrogen-bond donors (Lipinski definition) is 2. The molecule has 0 aliphatic carbocycles. The molecule has 0 amide bonds. The first-order chi connectivity index (χ1) is 16.5. The first-order valence-electron chi connectivity index (χ1n) is 10.3. The second kappa shape index (κ2) is 10.1. The van der Waals surface area contributed by atoms with E-state index in [1.165, 1.54) is 0 Å². The summed E-state index contributed by atoms with van der Waals surface area (Å²) in [6.45, 7) is 0. The monoisotopic (exact) mass is 462 g/mol. The molecule has 2 heterocycles. The average molecular weight is 462 g/mol. The Bertz CT molecular complexity index is 1300. The van der Waals surface area contributed by atoms with Crippen LogP contribution >= 0.6 is 0 Å². The molecule has 34 heavy (non-hydrogen) atoms. The van der Waals surface area contributed by atoms with Gasteiger partial charge in [-0.05, 0) is 83.9 Å². The molecule has 0 bridgehead atoms. The van der Waals surface area contributed by atoms with E-state index in [2.05, 4.69) is 14.6 Å². The van der Waals surface area contributed by atoms with Gasteiger partial charge in [0.05, 0.1) is 25.6 Å². The number of halogens is 2. The van der Waals surface area contributed by atoms with E-state index in [1.807, 2.05) is 24.3 Å². The Kier molecular flexibility index (Phi) is 6.82. The van der Waals surface area contributed by atoms with Crippen LogP contribution in [-0.4, -0.2) is 37.4 Å². The van der Waals surface area contributed by atoms with Gasteiger partial charge in [-0.1, -0.05) is 0 Å². The van der Waals surface area contributed by atoms with Gasteiger partial charge in [0.25, 0.3) is 0 Å². The minimum Gasteiger partial charge on any atom is -0.503 e. The van der Waals surface area contributed by atoms with Crippen LogP contribution in [0.25, 0.3) is 28.3 Å². The van der Waals surface area contributed by atoms with Gasteiger partial charge >= 0.3 is 7.47 Å². The number of ether oxygens (including phenoxy) is 2. The molecule has 2 aromatic carbocycles. The number of carbonyl (C=O) groups excluding carboxylic acids is 1. The maximum atomic E-state index is 13.1. The van der Waals surface area contributed by atoms with Crippen molar-refractivity contribution in [2.75, 3.05) is 14.2 Å². The van der Waals surface area contributed by atoms with E-state index in [1.54, 1.807) is 62.8 Å². The lowest BCUT2D eigenvalue weighted by Crippen LogP contribution is -2.07. The number of ketones is 1. The zero-order chi connectivity index (χ0) is 24.1. The molecular weight excluding hydrogens is 441 g/mol. The van der Waals surface area contributed by atoms with Gasteiger partial charge in [0, 0.05) is 17.5 Å². The van der Waals surface area contributed by atoms with Gasteiger partial charge in [0.15, 0.2) is 0 Å². The lowest BCUT2D eigenvalue weighted by Gasteiger charge is -2.07. The third-order valence-electron chi connectivity index (χ3n) is 5.18. The van der Waals surface area contributed by atoms with Crippen molar-refractivity contribution in [3.63, 3.8) is 0 Å².